The highest BCUT2D eigenvalue weighted by Crippen LogP contribution is 2.33. The lowest BCUT2D eigenvalue weighted by atomic mass is 10.1. The molecule has 1 amide bonds. The number of hydrazone groups is 1. The van der Waals surface area contributed by atoms with E-state index in [4.69, 9.17) is 32.8 Å². The number of furan rings is 1. The Kier molecular flexibility index (Phi) is 5.49. The molecule has 31 heavy (non-hydrogen) atoms. The van der Waals surface area contributed by atoms with Crippen LogP contribution in [0.4, 0.5) is 5.69 Å². The van der Waals surface area contributed by atoms with Crippen molar-refractivity contribution in [1.82, 2.24) is 0 Å². The molecular formula is C21H15Cl2N3O4S. The Bertz CT molecular complexity index is 1360. The molecule has 1 aliphatic heterocycles. The second kappa shape index (κ2) is 7.97. The lowest BCUT2D eigenvalue weighted by Crippen LogP contribution is -2.21. The average molecular weight is 476 g/mol. The first-order valence-corrected chi connectivity index (χ1v) is 11.2. The SMILES string of the molecule is CC1=NN(c2ccc(S(N)(=O)=O)cc2)C(=O)C1=Cc1ccc(-c2ccc(Cl)cc2Cl)o1. The van der Waals surface area contributed by atoms with Gasteiger partial charge in [-0.3, -0.25) is 4.79 Å². The molecule has 3 aromatic rings. The van der Waals surface area contributed by atoms with Crippen LogP contribution in [0.15, 0.2) is 74.6 Å². The van der Waals surface area contributed by atoms with Crippen LogP contribution in [0.2, 0.25) is 10.0 Å². The van der Waals surface area contributed by atoms with Gasteiger partial charge in [-0.1, -0.05) is 23.2 Å². The van der Waals surface area contributed by atoms with Crippen LogP contribution in [0.5, 0.6) is 0 Å². The molecule has 1 aromatic heterocycles. The Morgan fingerprint density at radius 1 is 1.06 bits per heavy atom. The Morgan fingerprint density at radius 3 is 2.42 bits per heavy atom. The number of sulfonamides is 1. The van der Waals surface area contributed by atoms with Crippen molar-refractivity contribution in [2.45, 2.75) is 11.8 Å². The molecule has 10 heteroatoms. The van der Waals surface area contributed by atoms with Gasteiger partial charge in [0.1, 0.15) is 11.5 Å². The van der Waals surface area contributed by atoms with Crippen LogP contribution in [-0.2, 0) is 14.8 Å². The molecule has 2 N–H and O–H groups in total. The van der Waals surface area contributed by atoms with E-state index >= 15 is 0 Å². The van der Waals surface area contributed by atoms with Crippen molar-refractivity contribution in [1.29, 1.82) is 0 Å². The minimum atomic E-state index is -3.82. The lowest BCUT2D eigenvalue weighted by Gasteiger charge is -2.12. The third kappa shape index (κ3) is 4.28. The zero-order chi connectivity index (χ0) is 22.3. The van der Waals surface area contributed by atoms with E-state index in [1.165, 1.54) is 29.3 Å². The van der Waals surface area contributed by atoms with Gasteiger partial charge in [0.2, 0.25) is 10.0 Å². The van der Waals surface area contributed by atoms with E-state index < -0.39 is 10.0 Å². The number of amides is 1. The molecule has 0 unspecified atom stereocenters. The third-order valence-corrected chi connectivity index (χ3v) is 6.06. The topological polar surface area (TPSA) is 106 Å². The highest BCUT2D eigenvalue weighted by Gasteiger charge is 2.29. The summed E-state index contributed by atoms with van der Waals surface area (Å²) in [6.45, 7) is 1.70. The number of nitrogens with zero attached hydrogens (tertiary/aromatic N) is 2. The lowest BCUT2D eigenvalue weighted by molar-refractivity contribution is -0.114. The Labute approximate surface area is 188 Å². The van der Waals surface area contributed by atoms with Crippen LogP contribution in [-0.4, -0.2) is 20.0 Å². The molecule has 2 heterocycles. The zero-order valence-electron chi connectivity index (χ0n) is 16.0. The summed E-state index contributed by atoms with van der Waals surface area (Å²) < 4.78 is 28.7. The van der Waals surface area contributed by atoms with Gasteiger partial charge in [0.25, 0.3) is 5.91 Å². The summed E-state index contributed by atoms with van der Waals surface area (Å²) in [7, 11) is -3.82. The summed E-state index contributed by atoms with van der Waals surface area (Å²) in [4.78, 5) is 12.8. The number of benzene rings is 2. The summed E-state index contributed by atoms with van der Waals surface area (Å²) in [5.74, 6) is 0.609. The molecular weight excluding hydrogens is 461 g/mol. The monoisotopic (exact) mass is 475 g/mol. The molecule has 2 aromatic carbocycles. The van der Waals surface area contributed by atoms with Crippen molar-refractivity contribution >= 4 is 56.6 Å². The summed E-state index contributed by atoms with van der Waals surface area (Å²) in [6, 6.07) is 14.1. The van der Waals surface area contributed by atoms with Gasteiger partial charge in [-0.05, 0) is 67.6 Å². The molecule has 0 fully saturated rings. The molecule has 0 spiro atoms. The summed E-state index contributed by atoms with van der Waals surface area (Å²) >= 11 is 12.2. The van der Waals surface area contributed by atoms with Crippen LogP contribution in [0.25, 0.3) is 17.4 Å². The largest absolute Gasteiger partial charge is 0.457 e. The number of hydrogen-bond acceptors (Lipinski definition) is 5. The second-order valence-electron chi connectivity index (χ2n) is 6.73. The predicted molar refractivity (Wildman–Crippen MR) is 121 cm³/mol. The van der Waals surface area contributed by atoms with Gasteiger partial charge >= 0.3 is 0 Å². The molecule has 0 bridgehead atoms. The molecule has 0 aliphatic carbocycles. The predicted octanol–water partition coefficient (Wildman–Crippen LogP) is 4.71. The van der Waals surface area contributed by atoms with Gasteiger partial charge in [0, 0.05) is 10.6 Å². The van der Waals surface area contributed by atoms with Crippen molar-refractivity contribution in [2.75, 3.05) is 5.01 Å². The summed E-state index contributed by atoms with van der Waals surface area (Å²) in [5.41, 5.74) is 1.92. The number of carbonyl (C=O) groups is 1. The fourth-order valence-corrected chi connectivity index (χ4v) is 4.06. The number of halogens is 2. The van der Waals surface area contributed by atoms with Crippen LogP contribution >= 0.6 is 23.2 Å². The number of anilines is 1. The van der Waals surface area contributed by atoms with E-state index in [1.807, 2.05) is 0 Å². The highest BCUT2D eigenvalue weighted by atomic mass is 35.5. The van der Waals surface area contributed by atoms with E-state index in [0.717, 1.165) is 0 Å². The Hall–Kier alpha value is -2.91. The standard InChI is InChI=1S/C21H15Cl2N3O4S/c1-12-18(11-15-5-9-20(30-15)17-8-2-13(22)10-19(17)23)21(27)26(25-12)14-3-6-16(7-4-14)31(24,28)29/h2-11H,1H3,(H2,24,28,29). The van der Waals surface area contributed by atoms with Gasteiger partial charge < -0.3 is 4.42 Å². The Balaban J connectivity index is 1.61. The Morgan fingerprint density at radius 2 is 1.77 bits per heavy atom. The van der Waals surface area contributed by atoms with E-state index in [-0.39, 0.29) is 10.8 Å². The van der Waals surface area contributed by atoms with Gasteiger partial charge in [0.15, 0.2) is 0 Å². The number of carbonyl (C=O) groups excluding carboxylic acids is 1. The maximum Gasteiger partial charge on any atom is 0.280 e. The van der Waals surface area contributed by atoms with Gasteiger partial charge in [-0.25, -0.2) is 13.6 Å². The number of hydrogen-bond donors (Lipinski definition) is 1. The zero-order valence-corrected chi connectivity index (χ0v) is 18.4. The molecule has 7 nitrogen and oxygen atoms in total. The van der Waals surface area contributed by atoms with Gasteiger partial charge in [-0.15, -0.1) is 0 Å². The molecule has 4 rings (SSSR count). The van der Waals surface area contributed by atoms with Crippen LogP contribution in [0.1, 0.15) is 12.7 Å². The first-order valence-electron chi connectivity index (χ1n) is 8.93. The molecule has 0 atom stereocenters. The molecule has 0 saturated carbocycles. The van der Waals surface area contributed by atoms with E-state index in [1.54, 1.807) is 43.3 Å². The van der Waals surface area contributed by atoms with Gasteiger partial charge in [0.05, 0.1) is 26.9 Å². The number of nitrogens with two attached hydrogens (primary N) is 1. The van der Waals surface area contributed by atoms with Crippen LogP contribution < -0.4 is 10.1 Å². The summed E-state index contributed by atoms with van der Waals surface area (Å²) in [5, 5.41) is 11.5. The first-order chi connectivity index (χ1) is 14.6. The molecule has 0 radical (unpaired) electrons. The number of rotatable bonds is 4. The van der Waals surface area contributed by atoms with Crippen LogP contribution in [0, 0.1) is 0 Å². The first kappa shape index (κ1) is 21.3. The highest BCUT2D eigenvalue weighted by molar-refractivity contribution is 7.89. The molecule has 158 valence electrons. The van der Waals surface area contributed by atoms with Crippen molar-refractivity contribution in [2.24, 2.45) is 10.2 Å². The third-order valence-electron chi connectivity index (χ3n) is 4.58. The van der Waals surface area contributed by atoms with Crippen molar-refractivity contribution in [3.63, 3.8) is 0 Å². The number of primary sulfonamides is 1. The van der Waals surface area contributed by atoms with Crippen molar-refractivity contribution in [3.05, 3.63) is 76.0 Å². The maximum atomic E-state index is 12.9. The van der Waals surface area contributed by atoms with E-state index in [0.29, 0.717) is 44.1 Å². The van der Waals surface area contributed by atoms with Crippen molar-refractivity contribution in [3.8, 4) is 11.3 Å². The summed E-state index contributed by atoms with van der Waals surface area (Å²) in [6.07, 6.45) is 1.59. The second-order valence-corrected chi connectivity index (χ2v) is 9.13. The minimum Gasteiger partial charge on any atom is -0.457 e. The van der Waals surface area contributed by atoms with Crippen molar-refractivity contribution < 1.29 is 17.6 Å². The van der Waals surface area contributed by atoms with Gasteiger partial charge in [-0.2, -0.15) is 10.1 Å². The smallest absolute Gasteiger partial charge is 0.280 e. The minimum absolute atomic E-state index is 0.0525. The molecule has 0 saturated heterocycles. The average Bonchev–Trinajstić information content (AvgIpc) is 3.27. The van der Waals surface area contributed by atoms with E-state index in [9.17, 15) is 13.2 Å². The van der Waals surface area contributed by atoms with E-state index in [2.05, 4.69) is 5.10 Å². The fraction of sp³-hybridized carbons (Fsp3) is 0.0476. The quantitative estimate of drug-likeness (QED) is 0.551. The van der Waals surface area contributed by atoms with Crippen LogP contribution in [0.3, 0.4) is 0 Å². The molecule has 1 aliphatic rings. The fourth-order valence-electron chi connectivity index (χ4n) is 3.04. The normalized spacial score (nSPS) is 15.6. The maximum absolute atomic E-state index is 12.9.